The fourth-order valence-electron chi connectivity index (χ4n) is 2.43. The fourth-order valence-corrected chi connectivity index (χ4v) is 3.00. The molecule has 0 aliphatic rings. The van der Waals surface area contributed by atoms with Crippen molar-refractivity contribution in [2.75, 3.05) is 11.1 Å². The van der Waals surface area contributed by atoms with Gasteiger partial charge in [-0.1, -0.05) is 36.4 Å². The minimum absolute atomic E-state index is 0.0711. The van der Waals surface area contributed by atoms with Gasteiger partial charge in [-0.25, -0.2) is 4.98 Å². The number of nitrogens with two attached hydrogens (primary N) is 1. The Labute approximate surface area is 147 Å². The number of nitro groups is 1. The van der Waals surface area contributed by atoms with E-state index in [2.05, 4.69) is 10.3 Å². The van der Waals surface area contributed by atoms with Crippen molar-refractivity contribution in [2.24, 2.45) is 0 Å². The number of hydrogen-bond donors (Lipinski definition) is 2. The number of carbonyl (C=O) groups is 1. The second-order valence-corrected chi connectivity index (χ2v) is 6.12. The first-order chi connectivity index (χ1) is 12.0. The zero-order chi connectivity index (χ0) is 17.8. The van der Waals surface area contributed by atoms with Gasteiger partial charge in [-0.05, 0) is 6.07 Å². The van der Waals surface area contributed by atoms with Gasteiger partial charge in [0.05, 0.1) is 22.7 Å². The number of anilines is 2. The number of rotatable bonds is 5. The Morgan fingerprint density at radius 1 is 1.20 bits per heavy atom. The van der Waals surface area contributed by atoms with Crippen molar-refractivity contribution < 1.29 is 9.72 Å². The average molecular weight is 354 g/mol. The second kappa shape index (κ2) is 7.10. The first-order valence-corrected chi connectivity index (χ1v) is 8.25. The van der Waals surface area contributed by atoms with E-state index in [1.165, 1.54) is 17.4 Å². The van der Waals surface area contributed by atoms with Gasteiger partial charge >= 0.3 is 0 Å². The van der Waals surface area contributed by atoms with E-state index in [0.29, 0.717) is 22.1 Å². The van der Waals surface area contributed by atoms with Gasteiger partial charge < -0.3 is 11.1 Å². The molecule has 0 radical (unpaired) electrons. The lowest BCUT2D eigenvalue weighted by atomic mass is 10.1. The molecule has 8 heteroatoms. The Morgan fingerprint density at radius 3 is 2.64 bits per heavy atom. The number of hydrogen-bond acceptors (Lipinski definition) is 6. The summed E-state index contributed by atoms with van der Waals surface area (Å²) in [7, 11) is 0. The molecule has 1 aromatic heterocycles. The van der Waals surface area contributed by atoms with E-state index < -0.39 is 4.92 Å². The van der Waals surface area contributed by atoms with Gasteiger partial charge in [-0.15, -0.1) is 11.3 Å². The predicted molar refractivity (Wildman–Crippen MR) is 97.4 cm³/mol. The molecule has 0 aliphatic carbocycles. The molecular formula is C17H14N4O3S. The molecule has 0 unspecified atom stereocenters. The summed E-state index contributed by atoms with van der Waals surface area (Å²) in [6.07, 6.45) is -0.0926. The summed E-state index contributed by atoms with van der Waals surface area (Å²) in [5, 5.41) is 16.1. The average Bonchev–Trinajstić information content (AvgIpc) is 3.02. The molecule has 0 spiro atoms. The zero-order valence-electron chi connectivity index (χ0n) is 13.0. The molecule has 0 fully saturated rings. The molecule has 3 N–H and O–H groups in total. The van der Waals surface area contributed by atoms with Gasteiger partial charge in [0.25, 0.3) is 5.69 Å². The number of thiazole rings is 1. The number of para-hydroxylation sites is 2. The lowest BCUT2D eigenvalue weighted by Crippen LogP contribution is -2.15. The van der Waals surface area contributed by atoms with Crippen molar-refractivity contribution in [3.8, 4) is 11.3 Å². The van der Waals surface area contributed by atoms with Crippen molar-refractivity contribution in [3.63, 3.8) is 0 Å². The zero-order valence-corrected chi connectivity index (χ0v) is 13.8. The van der Waals surface area contributed by atoms with Crippen LogP contribution in [0.15, 0.2) is 53.9 Å². The highest BCUT2D eigenvalue weighted by Crippen LogP contribution is 2.30. The van der Waals surface area contributed by atoms with Crippen LogP contribution in [0.5, 0.6) is 0 Å². The van der Waals surface area contributed by atoms with Gasteiger partial charge in [0.15, 0.2) is 5.13 Å². The molecule has 0 atom stereocenters. The molecule has 3 aromatic rings. The smallest absolute Gasteiger partial charge is 0.273 e. The summed E-state index contributed by atoms with van der Waals surface area (Å²) < 4.78 is 0. The topological polar surface area (TPSA) is 111 Å². The van der Waals surface area contributed by atoms with E-state index in [4.69, 9.17) is 5.73 Å². The molecule has 1 heterocycles. The summed E-state index contributed by atoms with van der Waals surface area (Å²) in [4.78, 5) is 27.2. The van der Waals surface area contributed by atoms with Crippen LogP contribution in [0.1, 0.15) is 5.56 Å². The second-order valence-electron chi connectivity index (χ2n) is 5.23. The van der Waals surface area contributed by atoms with Crippen molar-refractivity contribution in [2.45, 2.75) is 6.42 Å². The van der Waals surface area contributed by atoms with E-state index >= 15 is 0 Å². The van der Waals surface area contributed by atoms with Crippen LogP contribution < -0.4 is 11.1 Å². The summed E-state index contributed by atoms with van der Waals surface area (Å²) in [6, 6.07) is 13.4. The third-order valence-corrected chi connectivity index (χ3v) is 4.21. The van der Waals surface area contributed by atoms with E-state index in [1.54, 1.807) is 30.3 Å². The normalized spacial score (nSPS) is 10.4. The molecule has 0 aliphatic heterocycles. The lowest BCUT2D eigenvalue weighted by Gasteiger charge is -2.10. The Morgan fingerprint density at radius 2 is 1.92 bits per heavy atom. The molecule has 0 saturated heterocycles. The number of nitrogen functional groups attached to an aromatic ring is 1. The maximum Gasteiger partial charge on any atom is 0.273 e. The number of aromatic nitrogens is 1. The molecule has 0 saturated carbocycles. The number of nitro benzene ring substituents is 1. The SMILES string of the molecule is Nc1nc(-c2ccccc2NC(=O)Cc2ccccc2[N+](=O)[O-])cs1. The standard InChI is InChI=1S/C17H14N4O3S/c18-17-20-14(10-25-17)12-6-2-3-7-13(12)19-16(22)9-11-5-1-4-8-15(11)21(23)24/h1-8,10H,9H2,(H2,18,20)(H,19,22). The van der Waals surface area contributed by atoms with E-state index in [9.17, 15) is 14.9 Å². The van der Waals surface area contributed by atoms with Crippen LogP contribution >= 0.6 is 11.3 Å². The summed E-state index contributed by atoms with van der Waals surface area (Å²) >= 11 is 1.31. The lowest BCUT2D eigenvalue weighted by molar-refractivity contribution is -0.385. The highest BCUT2D eigenvalue weighted by Gasteiger charge is 2.17. The van der Waals surface area contributed by atoms with Crippen LogP contribution in [0, 0.1) is 10.1 Å². The third-order valence-electron chi connectivity index (χ3n) is 3.54. The Hall–Kier alpha value is -3.26. The fraction of sp³-hybridized carbons (Fsp3) is 0.0588. The number of carbonyl (C=O) groups excluding carboxylic acids is 1. The maximum atomic E-state index is 12.4. The molecule has 1 amide bonds. The Balaban J connectivity index is 1.82. The first kappa shape index (κ1) is 16.6. The molecule has 3 rings (SSSR count). The van der Waals surface area contributed by atoms with Gasteiger partial charge in [-0.3, -0.25) is 14.9 Å². The number of nitrogens with one attached hydrogen (secondary N) is 1. The van der Waals surface area contributed by atoms with Crippen molar-refractivity contribution in [1.29, 1.82) is 0 Å². The highest BCUT2D eigenvalue weighted by molar-refractivity contribution is 7.13. The van der Waals surface area contributed by atoms with Crippen LogP contribution in [-0.2, 0) is 11.2 Å². The van der Waals surface area contributed by atoms with Crippen molar-refractivity contribution in [1.82, 2.24) is 4.98 Å². The number of benzene rings is 2. The van der Waals surface area contributed by atoms with Crippen LogP contribution in [0.2, 0.25) is 0 Å². The van der Waals surface area contributed by atoms with Gasteiger partial charge in [-0.2, -0.15) is 0 Å². The van der Waals surface area contributed by atoms with Crippen molar-refractivity contribution >= 4 is 33.8 Å². The van der Waals surface area contributed by atoms with Crippen LogP contribution in [0.25, 0.3) is 11.3 Å². The Kier molecular flexibility index (Phi) is 4.71. The largest absolute Gasteiger partial charge is 0.375 e. The maximum absolute atomic E-state index is 12.4. The molecule has 7 nitrogen and oxygen atoms in total. The van der Waals surface area contributed by atoms with Crippen molar-refractivity contribution in [3.05, 3.63) is 69.6 Å². The third kappa shape index (κ3) is 3.81. The van der Waals surface area contributed by atoms with Gasteiger partial charge in [0.2, 0.25) is 5.91 Å². The van der Waals surface area contributed by atoms with Crippen LogP contribution in [0.3, 0.4) is 0 Å². The predicted octanol–water partition coefficient (Wildman–Crippen LogP) is 3.48. The summed E-state index contributed by atoms with van der Waals surface area (Å²) in [5.74, 6) is -0.343. The Bertz CT molecular complexity index is 939. The van der Waals surface area contributed by atoms with Gasteiger partial charge in [0.1, 0.15) is 0 Å². The molecule has 2 aromatic carbocycles. The molecule has 126 valence electrons. The van der Waals surface area contributed by atoms with E-state index in [0.717, 1.165) is 5.56 Å². The van der Waals surface area contributed by atoms with Crippen LogP contribution in [0.4, 0.5) is 16.5 Å². The quantitative estimate of drug-likeness (QED) is 0.538. The molecule has 25 heavy (non-hydrogen) atoms. The monoisotopic (exact) mass is 354 g/mol. The first-order valence-electron chi connectivity index (χ1n) is 7.37. The highest BCUT2D eigenvalue weighted by atomic mass is 32.1. The number of nitrogens with zero attached hydrogens (tertiary/aromatic N) is 2. The number of amides is 1. The van der Waals surface area contributed by atoms with Gasteiger partial charge in [0, 0.05) is 22.6 Å². The van der Waals surface area contributed by atoms with E-state index in [-0.39, 0.29) is 18.0 Å². The van der Waals surface area contributed by atoms with Crippen LogP contribution in [-0.4, -0.2) is 15.8 Å². The molecular weight excluding hydrogens is 340 g/mol. The molecule has 0 bridgehead atoms. The summed E-state index contributed by atoms with van der Waals surface area (Å²) in [5.41, 5.74) is 7.95. The summed E-state index contributed by atoms with van der Waals surface area (Å²) in [6.45, 7) is 0. The minimum atomic E-state index is -0.491. The van der Waals surface area contributed by atoms with E-state index in [1.807, 2.05) is 17.5 Å². The minimum Gasteiger partial charge on any atom is -0.375 e.